The van der Waals surface area contributed by atoms with Crippen molar-refractivity contribution >= 4 is 5.91 Å². The first-order valence-corrected chi connectivity index (χ1v) is 9.09. The summed E-state index contributed by atoms with van der Waals surface area (Å²) in [4.78, 5) is 15.0. The van der Waals surface area contributed by atoms with Crippen LogP contribution in [0, 0.1) is 0 Å². The van der Waals surface area contributed by atoms with Crippen LogP contribution in [0.5, 0.6) is 0 Å². The molecule has 1 heterocycles. The Morgan fingerprint density at radius 1 is 1.28 bits per heavy atom. The second-order valence-electron chi connectivity index (χ2n) is 7.09. The third kappa shape index (κ3) is 4.10. The van der Waals surface area contributed by atoms with Crippen LogP contribution >= 0.6 is 0 Å². The lowest BCUT2D eigenvalue weighted by Gasteiger charge is -2.31. The molecule has 0 saturated heterocycles. The van der Waals surface area contributed by atoms with Gasteiger partial charge in [0.15, 0.2) is 0 Å². The molecule has 1 saturated carbocycles. The maximum absolute atomic E-state index is 13.2. The summed E-state index contributed by atoms with van der Waals surface area (Å²) >= 11 is 0. The van der Waals surface area contributed by atoms with Crippen LogP contribution < -0.4 is 0 Å². The maximum Gasteiger partial charge on any atom is 0.257 e. The van der Waals surface area contributed by atoms with Crippen LogP contribution in [0.2, 0.25) is 0 Å². The number of rotatable bonds is 6. The highest BCUT2D eigenvalue weighted by Gasteiger charge is 2.35. The molecule has 1 aromatic heterocycles. The molecule has 0 unspecified atom stereocenters. The van der Waals surface area contributed by atoms with Gasteiger partial charge in [0.25, 0.3) is 5.91 Å². The standard InChI is InChI=1S/C20H27N3O2/c1-3-18-17(14-22(2)21-18)19(24)23(13-16-9-5-4-6-10-16)15-20(25)11-7-8-12-20/h4-6,9-10,14,25H,3,7-8,11-13,15H2,1-2H3. The number of carbonyl (C=O) groups is 1. The van der Waals surface area contributed by atoms with Gasteiger partial charge in [0.1, 0.15) is 0 Å². The summed E-state index contributed by atoms with van der Waals surface area (Å²) in [5, 5.41) is 15.2. The van der Waals surface area contributed by atoms with Crippen molar-refractivity contribution in [1.29, 1.82) is 0 Å². The van der Waals surface area contributed by atoms with Crippen LogP contribution in [0.1, 0.15) is 54.2 Å². The highest BCUT2D eigenvalue weighted by Crippen LogP contribution is 2.31. The van der Waals surface area contributed by atoms with Crippen molar-refractivity contribution in [2.45, 2.75) is 51.2 Å². The van der Waals surface area contributed by atoms with Gasteiger partial charge in [-0.2, -0.15) is 5.10 Å². The summed E-state index contributed by atoms with van der Waals surface area (Å²) in [6.07, 6.45) is 6.08. The van der Waals surface area contributed by atoms with Gasteiger partial charge in [-0.05, 0) is 24.8 Å². The molecule has 1 aliphatic carbocycles. The minimum atomic E-state index is -0.765. The molecular weight excluding hydrogens is 314 g/mol. The van der Waals surface area contributed by atoms with E-state index < -0.39 is 5.60 Å². The summed E-state index contributed by atoms with van der Waals surface area (Å²) < 4.78 is 1.69. The second kappa shape index (κ2) is 7.40. The van der Waals surface area contributed by atoms with Gasteiger partial charge in [0, 0.05) is 19.8 Å². The van der Waals surface area contributed by atoms with E-state index >= 15 is 0 Å². The third-order valence-electron chi connectivity index (χ3n) is 4.99. The molecule has 1 fully saturated rings. The Bertz CT molecular complexity index is 718. The SMILES string of the molecule is CCc1nn(C)cc1C(=O)N(Cc1ccccc1)CC1(O)CCCC1. The second-order valence-corrected chi connectivity index (χ2v) is 7.09. The Labute approximate surface area is 149 Å². The van der Waals surface area contributed by atoms with E-state index in [0.29, 0.717) is 25.1 Å². The number of carbonyl (C=O) groups excluding carboxylic acids is 1. The highest BCUT2D eigenvalue weighted by molar-refractivity contribution is 5.95. The summed E-state index contributed by atoms with van der Waals surface area (Å²) in [5.74, 6) is -0.0471. The molecule has 0 aliphatic heterocycles. The van der Waals surface area contributed by atoms with Crippen LogP contribution in [0.3, 0.4) is 0 Å². The van der Waals surface area contributed by atoms with Crippen LogP contribution in [-0.2, 0) is 20.0 Å². The first-order valence-electron chi connectivity index (χ1n) is 9.09. The van der Waals surface area contributed by atoms with Gasteiger partial charge in [-0.1, -0.05) is 50.1 Å². The van der Waals surface area contributed by atoms with Crippen molar-refractivity contribution in [3.63, 3.8) is 0 Å². The molecule has 0 atom stereocenters. The molecule has 3 rings (SSSR count). The Kier molecular flexibility index (Phi) is 5.23. The maximum atomic E-state index is 13.2. The van der Waals surface area contributed by atoms with E-state index in [0.717, 1.165) is 36.9 Å². The van der Waals surface area contributed by atoms with Crippen molar-refractivity contribution < 1.29 is 9.90 Å². The first-order chi connectivity index (χ1) is 12.0. The Morgan fingerprint density at radius 3 is 2.60 bits per heavy atom. The van der Waals surface area contributed by atoms with Gasteiger partial charge in [-0.25, -0.2) is 0 Å². The average molecular weight is 341 g/mol. The predicted molar refractivity (Wildman–Crippen MR) is 97.2 cm³/mol. The minimum Gasteiger partial charge on any atom is -0.388 e. The normalized spacial score (nSPS) is 16.1. The highest BCUT2D eigenvalue weighted by atomic mass is 16.3. The van der Waals surface area contributed by atoms with E-state index in [-0.39, 0.29) is 5.91 Å². The molecule has 1 amide bonds. The number of nitrogens with zero attached hydrogens (tertiary/aromatic N) is 3. The van der Waals surface area contributed by atoms with Crippen molar-refractivity contribution in [2.24, 2.45) is 7.05 Å². The van der Waals surface area contributed by atoms with E-state index in [9.17, 15) is 9.90 Å². The first kappa shape index (κ1) is 17.7. The smallest absolute Gasteiger partial charge is 0.257 e. The zero-order chi connectivity index (χ0) is 17.9. The third-order valence-corrected chi connectivity index (χ3v) is 4.99. The van der Waals surface area contributed by atoms with Gasteiger partial charge in [-0.15, -0.1) is 0 Å². The van der Waals surface area contributed by atoms with Gasteiger partial charge >= 0.3 is 0 Å². The molecule has 1 aromatic carbocycles. The quantitative estimate of drug-likeness (QED) is 0.879. The van der Waals surface area contributed by atoms with E-state index in [2.05, 4.69) is 5.10 Å². The number of aromatic nitrogens is 2. The summed E-state index contributed by atoms with van der Waals surface area (Å²) in [6.45, 7) is 2.88. The molecular formula is C20H27N3O2. The lowest BCUT2D eigenvalue weighted by molar-refractivity contribution is 0.00781. The number of aliphatic hydroxyl groups is 1. The molecule has 2 aromatic rings. The largest absolute Gasteiger partial charge is 0.388 e. The van der Waals surface area contributed by atoms with Crippen LogP contribution in [0.4, 0.5) is 0 Å². The lowest BCUT2D eigenvalue weighted by atomic mass is 10.0. The fraction of sp³-hybridized carbons (Fsp3) is 0.500. The minimum absolute atomic E-state index is 0.0471. The molecule has 0 radical (unpaired) electrons. The summed E-state index contributed by atoms with van der Waals surface area (Å²) in [6, 6.07) is 9.95. The molecule has 134 valence electrons. The van der Waals surface area contributed by atoms with Crippen LogP contribution in [-0.4, -0.2) is 37.8 Å². The molecule has 25 heavy (non-hydrogen) atoms. The number of amides is 1. The van der Waals surface area contributed by atoms with E-state index in [1.54, 1.807) is 15.8 Å². The summed E-state index contributed by atoms with van der Waals surface area (Å²) in [7, 11) is 1.84. The van der Waals surface area contributed by atoms with Crippen molar-refractivity contribution in [1.82, 2.24) is 14.7 Å². The van der Waals surface area contributed by atoms with Crippen LogP contribution in [0.25, 0.3) is 0 Å². The number of hydrogen-bond donors (Lipinski definition) is 1. The molecule has 0 spiro atoms. The van der Waals surface area contributed by atoms with Crippen molar-refractivity contribution in [2.75, 3.05) is 6.54 Å². The number of hydrogen-bond acceptors (Lipinski definition) is 3. The molecule has 5 heteroatoms. The Hall–Kier alpha value is -2.14. The van der Waals surface area contributed by atoms with Crippen LogP contribution in [0.15, 0.2) is 36.5 Å². The average Bonchev–Trinajstić information content (AvgIpc) is 3.20. The van der Waals surface area contributed by atoms with Gasteiger partial charge in [-0.3, -0.25) is 9.48 Å². The number of aryl methyl sites for hydroxylation is 2. The molecule has 0 bridgehead atoms. The molecule has 1 N–H and O–H groups in total. The molecule has 1 aliphatic rings. The topological polar surface area (TPSA) is 58.4 Å². The Morgan fingerprint density at radius 2 is 1.96 bits per heavy atom. The van der Waals surface area contributed by atoms with Crippen molar-refractivity contribution in [3.8, 4) is 0 Å². The lowest BCUT2D eigenvalue weighted by Crippen LogP contribution is -2.44. The van der Waals surface area contributed by atoms with Gasteiger partial charge in [0.05, 0.1) is 23.4 Å². The summed E-state index contributed by atoms with van der Waals surface area (Å²) in [5.41, 5.74) is 1.75. The Balaban J connectivity index is 1.87. The van der Waals surface area contributed by atoms with Gasteiger partial charge in [0.2, 0.25) is 0 Å². The predicted octanol–water partition coefficient (Wildman–Crippen LogP) is 2.93. The van der Waals surface area contributed by atoms with E-state index in [4.69, 9.17) is 0 Å². The zero-order valence-electron chi connectivity index (χ0n) is 15.1. The van der Waals surface area contributed by atoms with E-state index in [1.165, 1.54) is 0 Å². The fourth-order valence-electron chi connectivity index (χ4n) is 3.69. The van der Waals surface area contributed by atoms with Gasteiger partial charge < -0.3 is 10.0 Å². The van der Waals surface area contributed by atoms with Crippen molar-refractivity contribution in [3.05, 3.63) is 53.3 Å². The fourth-order valence-corrected chi connectivity index (χ4v) is 3.69. The van der Waals surface area contributed by atoms with E-state index in [1.807, 2.05) is 44.3 Å². The zero-order valence-corrected chi connectivity index (χ0v) is 15.1. The monoisotopic (exact) mass is 341 g/mol. The molecule has 5 nitrogen and oxygen atoms in total. The number of benzene rings is 1.